The maximum atomic E-state index is 12.9. The van der Waals surface area contributed by atoms with Crippen LogP contribution in [-0.2, 0) is 9.59 Å². The molecule has 3 fully saturated rings. The van der Waals surface area contributed by atoms with Crippen LogP contribution in [0.4, 0.5) is 0 Å². The Morgan fingerprint density at radius 1 is 1.00 bits per heavy atom. The van der Waals surface area contributed by atoms with Gasteiger partial charge in [0.2, 0.25) is 11.8 Å². The van der Waals surface area contributed by atoms with Gasteiger partial charge in [-0.15, -0.1) is 0 Å². The van der Waals surface area contributed by atoms with Crippen LogP contribution in [0, 0.1) is 11.8 Å². The Bertz CT molecular complexity index is 418. The zero-order chi connectivity index (χ0) is 16.1. The molecule has 4 heteroatoms. The Balaban J connectivity index is 1.62. The van der Waals surface area contributed by atoms with Crippen LogP contribution in [0.5, 0.6) is 0 Å². The molecule has 2 atom stereocenters. The highest BCUT2D eigenvalue weighted by Gasteiger charge is 2.38. The Morgan fingerprint density at radius 2 is 1.83 bits per heavy atom. The molecule has 1 heterocycles. The van der Waals surface area contributed by atoms with Crippen LogP contribution < -0.4 is 5.32 Å². The van der Waals surface area contributed by atoms with Gasteiger partial charge in [0.1, 0.15) is 0 Å². The molecule has 0 aromatic carbocycles. The molecule has 3 aliphatic rings. The lowest BCUT2D eigenvalue weighted by Gasteiger charge is -2.34. The van der Waals surface area contributed by atoms with Crippen molar-refractivity contribution in [3.63, 3.8) is 0 Å². The van der Waals surface area contributed by atoms with Crippen molar-refractivity contribution in [1.82, 2.24) is 10.2 Å². The Hall–Kier alpha value is -1.06. The van der Waals surface area contributed by atoms with Crippen molar-refractivity contribution in [2.45, 2.75) is 83.1 Å². The zero-order valence-electron chi connectivity index (χ0n) is 14.4. The average Bonchev–Trinajstić information content (AvgIpc) is 3.23. The molecule has 0 unspecified atom stereocenters. The van der Waals surface area contributed by atoms with Crippen LogP contribution in [0.15, 0.2) is 0 Å². The second kappa shape index (κ2) is 8.16. The lowest BCUT2D eigenvalue weighted by molar-refractivity contribution is -0.137. The van der Waals surface area contributed by atoms with Crippen molar-refractivity contribution in [2.24, 2.45) is 11.8 Å². The minimum absolute atomic E-state index is 0.0310. The van der Waals surface area contributed by atoms with Gasteiger partial charge in [0, 0.05) is 25.6 Å². The summed E-state index contributed by atoms with van der Waals surface area (Å²) >= 11 is 0. The predicted molar refractivity (Wildman–Crippen MR) is 90.9 cm³/mol. The molecule has 2 saturated carbocycles. The van der Waals surface area contributed by atoms with Crippen LogP contribution >= 0.6 is 0 Å². The summed E-state index contributed by atoms with van der Waals surface area (Å²) in [5.41, 5.74) is 0. The largest absolute Gasteiger partial charge is 0.356 e. The standard InChI is InChI=1S/C19H32N2O2/c22-18(12-11-15-7-2-3-8-15)21-14-5-1-4-13-20-19(23)16-9-6-10-17(16)21/h15-17H,1-14H2,(H,20,23)/t16-,17+/m1/s1. The fourth-order valence-electron chi connectivity index (χ4n) is 4.79. The van der Waals surface area contributed by atoms with Gasteiger partial charge in [-0.2, -0.15) is 0 Å². The minimum atomic E-state index is 0.0310. The van der Waals surface area contributed by atoms with E-state index in [2.05, 4.69) is 10.2 Å². The Morgan fingerprint density at radius 3 is 2.65 bits per heavy atom. The SMILES string of the molecule is O=C1NCCCCCN(C(=O)CCC2CCCC2)[C@H]2CCC[C@@H]12. The van der Waals surface area contributed by atoms with Gasteiger partial charge in [0.15, 0.2) is 0 Å². The van der Waals surface area contributed by atoms with Crippen LogP contribution in [0.1, 0.15) is 77.0 Å². The number of hydrogen-bond donors (Lipinski definition) is 1. The maximum absolute atomic E-state index is 12.9. The van der Waals surface area contributed by atoms with Crippen molar-refractivity contribution in [3.05, 3.63) is 0 Å². The first-order chi connectivity index (χ1) is 11.3. The molecule has 0 bridgehead atoms. The number of hydrogen-bond acceptors (Lipinski definition) is 2. The van der Waals surface area contributed by atoms with E-state index in [1.54, 1.807) is 0 Å². The summed E-state index contributed by atoms with van der Waals surface area (Å²) in [7, 11) is 0. The smallest absolute Gasteiger partial charge is 0.225 e. The van der Waals surface area contributed by atoms with E-state index >= 15 is 0 Å². The minimum Gasteiger partial charge on any atom is -0.356 e. The summed E-state index contributed by atoms with van der Waals surface area (Å²) < 4.78 is 0. The van der Waals surface area contributed by atoms with Crippen LogP contribution in [-0.4, -0.2) is 35.8 Å². The third-order valence-corrected chi connectivity index (χ3v) is 6.15. The van der Waals surface area contributed by atoms with Gasteiger partial charge in [-0.05, 0) is 44.4 Å². The van der Waals surface area contributed by atoms with E-state index in [4.69, 9.17) is 0 Å². The van der Waals surface area contributed by atoms with Crippen molar-refractivity contribution < 1.29 is 9.59 Å². The second-order valence-electron chi connectivity index (χ2n) is 7.73. The molecule has 4 nitrogen and oxygen atoms in total. The summed E-state index contributed by atoms with van der Waals surface area (Å²) in [5.74, 6) is 1.29. The van der Waals surface area contributed by atoms with E-state index in [1.165, 1.54) is 25.7 Å². The lowest BCUT2D eigenvalue weighted by atomic mass is 9.97. The highest BCUT2D eigenvalue weighted by Crippen LogP contribution is 2.33. The molecule has 3 rings (SSSR count). The van der Waals surface area contributed by atoms with Gasteiger partial charge in [-0.3, -0.25) is 9.59 Å². The first-order valence-electron chi connectivity index (χ1n) is 9.83. The summed E-state index contributed by atoms with van der Waals surface area (Å²) in [6.45, 7) is 1.66. The topological polar surface area (TPSA) is 49.4 Å². The molecule has 1 saturated heterocycles. The molecular weight excluding hydrogens is 288 g/mol. The van der Waals surface area contributed by atoms with Crippen molar-refractivity contribution in [3.8, 4) is 0 Å². The van der Waals surface area contributed by atoms with Gasteiger partial charge in [0.05, 0.1) is 5.92 Å². The van der Waals surface area contributed by atoms with E-state index in [-0.39, 0.29) is 17.9 Å². The number of nitrogens with one attached hydrogen (secondary N) is 1. The average molecular weight is 320 g/mol. The first kappa shape index (κ1) is 16.8. The van der Waals surface area contributed by atoms with Crippen molar-refractivity contribution >= 4 is 11.8 Å². The Kier molecular flexibility index (Phi) is 5.96. The fourth-order valence-corrected chi connectivity index (χ4v) is 4.79. The normalized spacial score (nSPS) is 30.1. The monoisotopic (exact) mass is 320 g/mol. The predicted octanol–water partition coefficient (Wildman–Crippen LogP) is 3.25. The second-order valence-corrected chi connectivity index (χ2v) is 7.73. The molecule has 0 aromatic rings. The van der Waals surface area contributed by atoms with Crippen molar-refractivity contribution in [2.75, 3.05) is 13.1 Å². The zero-order valence-corrected chi connectivity index (χ0v) is 14.4. The van der Waals surface area contributed by atoms with Gasteiger partial charge in [0.25, 0.3) is 0 Å². The molecular formula is C19H32N2O2. The van der Waals surface area contributed by atoms with E-state index in [0.29, 0.717) is 12.3 Å². The molecule has 23 heavy (non-hydrogen) atoms. The molecule has 2 aliphatic carbocycles. The highest BCUT2D eigenvalue weighted by molar-refractivity contribution is 5.82. The van der Waals surface area contributed by atoms with Gasteiger partial charge in [-0.1, -0.05) is 32.1 Å². The van der Waals surface area contributed by atoms with E-state index in [1.807, 2.05) is 0 Å². The van der Waals surface area contributed by atoms with Crippen LogP contribution in [0.3, 0.4) is 0 Å². The molecule has 2 amide bonds. The number of fused-ring (bicyclic) bond motifs is 1. The highest BCUT2D eigenvalue weighted by atomic mass is 16.2. The quantitative estimate of drug-likeness (QED) is 0.868. The number of amides is 2. The fraction of sp³-hybridized carbons (Fsp3) is 0.895. The number of carbonyl (C=O) groups excluding carboxylic acids is 2. The molecule has 1 N–H and O–H groups in total. The molecule has 0 spiro atoms. The number of nitrogens with zero attached hydrogens (tertiary/aromatic N) is 1. The van der Waals surface area contributed by atoms with Crippen LogP contribution in [0.25, 0.3) is 0 Å². The maximum Gasteiger partial charge on any atom is 0.225 e. The Labute approximate surface area is 140 Å². The third-order valence-electron chi connectivity index (χ3n) is 6.15. The lowest BCUT2D eigenvalue weighted by Crippen LogP contribution is -2.48. The van der Waals surface area contributed by atoms with Crippen LogP contribution in [0.2, 0.25) is 0 Å². The summed E-state index contributed by atoms with van der Waals surface area (Å²) in [6.07, 6.45) is 13.3. The number of carbonyl (C=O) groups is 2. The van der Waals surface area contributed by atoms with E-state index in [0.717, 1.165) is 64.0 Å². The molecule has 130 valence electrons. The summed E-state index contributed by atoms with van der Waals surface area (Å²) in [6, 6.07) is 0.157. The van der Waals surface area contributed by atoms with Gasteiger partial charge < -0.3 is 10.2 Å². The van der Waals surface area contributed by atoms with Gasteiger partial charge >= 0.3 is 0 Å². The molecule has 1 aliphatic heterocycles. The van der Waals surface area contributed by atoms with E-state index < -0.39 is 0 Å². The molecule has 0 aromatic heterocycles. The summed E-state index contributed by atoms with van der Waals surface area (Å²) in [4.78, 5) is 27.4. The molecule has 0 radical (unpaired) electrons. The van der Waals surface area contributed by atoms with Crippen molar-refractivity contribution in [1.29, 1.82) is 0 Å². The van der Waals surface area contributed by atoms with Gasteiger partial charge in [-0.25, -0.2) is 0 Å². The van der Waals surface area contributed by atoms with E-state index in [9.17, 15) is 9.59 Å². The third kappa shape index (κ3) is 4.27. The summed E-state index contributed by atoms with van der Waals surface area (Å²) in [5, 5.41) is 3.08. The number of rotatable bonds is 3. The first-order valence-corrected chi connectivity index (χ1v) is 9.83.